The Bertz CT molecular complexity index is 1680. The molecule has 5 rings (SSSR count). The molecule has 1 fully saturated rings. The van der Waals surface area contributed by atoms with Crippen molar-refractivity contribution in [2.45, 2.75) is 65.8 Å². The highest BCUT2D eigenvalue weighted by atomic mass is 32.2. The Balaban J connectivity index is 1.17. The number of nitrogens with one attached hydrogen (secondary N) is 1. The number of hydrogen-bond donors (Lipinski definition) is 1. The van der Waals surface area contributed by atoms with Gasteiger partial charge in [-0.2, -0.15) is 4.99 Å². The third-order valence-electron chi connectivity index (χ3n) is 7.91. The molecule has 2 unspecified atom stereocenters. The molecular formula is C34H37F3N6O2S. The van der Waals surface area contributed by atoms with Crippen LogP contribution < -0.4 is 15.0 Å². The smallest absolute Gasteiger partial charge is 0.406 e. The zero-order chi connectivity index (χ0) is 33.0. The minimum absolute atomic E-state index is 0.184. The second-order valence-corrected chi connectivity index (χ2v) is 12.7. The minimum Gasteiger partial charge on any atom is -0.406 e. The Morgan fingerprint density at radius 3 is 2.41 bits per heavy atom. The van der Waals surface area contributed by atoms with Gasteiger partial charge in [0.25, 0.3) is 0 Å². The molecule has 0 saturated carbocycles. The third kappa shape index (κ3) is 8.09. The van der Waals surface area contributed by atoms with Crippen LogP contribution in [0.5, 0.6) is 5.75 Å². The van der Waals surface area contributed by atoms with E-state index in [1.54, 1.807) is 11.8 Å². The molecule has 0 aliphatic carbocycles. The van der Waals surface area contributed by atoms with Crippen molar-refractivity contribution in [1.29, 1.82) is 0 Å². The van der Waals surface area contributed by atoms with Gasteiger partial charge in [-0.05, 0) is 87.4 Å². The molecule has 4 aromatic rings. The molecule has 0 radical (unpaired) electrons. The summed E-state index contributed by atoms with van der Waals surface area (Å²) in [5.74, 6) is 1.29. The lowest BCUT2D eigenvalue weighted by Crippen LogP contribution is -2.43. The molecule has 0 bridgehead atoms. The molecular weight excluding hydrogens is 613 g/mol. The summed E-state index contributed by atoms with van der Waals surface area (Å²) in [4.78, 5) is 24.0. The molecule has 12 heteroatoms. The normalized spacial score (nSPS) is 16.8. The van der Waals surface area contributed by atoms with Crippen LogP contribution in [-0.4, -0.2) is 50.7 Å². The van der Waals surface area contributed by atoms with E-state index in [1.165, 1.54) is 52.0 Å². The van der Waals surface area contributed by atoms with Crippen LogP contribution >= 0.6 is 11.8 Å². The lowest BCUT2D eigenvalue weighted by Gasteiger charge is -2.37. The number of alkyl halides is 3. The number of carbonyl (C=O) groups excluding carboxylic acids is 1. The summed E-state index contributed by atoms with van der Waals surface area (Å²) in [6.07, 6.45) is -1.48. The first-order valence-corrected chi connectivity index (χ1v) is 16.1. The second-order valence-electron chi connectivity index (χ2n) is 11.6. The van der Waals surface area contributed by atoms with Crippen molar-refractivity contribution in [3.05, 3.63) is 89.2 Å². The molecule has 3 aromatic carbocycles. The summed E-state index contributed by atoms with van der Waals surface area (Å²) in [7, 11) is 0. The van der Waals surface area contributed by atoms with E-state index in [-0.39, 0.29) is 23.7 Å². The maximum Gasteiger partial charge on any atom is 0.573 e. The van der Waals surface area contributed by atoms with Crippen LogP contribution in [0.4, 0.5) is 23.7 Å². The first kappa shape index (κ1) is 33.1. The monoisotopic (exact) mass is 650 g/mol. The number of aromatic nitrogens is 3. The van der Waals surface area contributed by atoms with E-state index in [4.69, 9.17) is 0 Å². The molecule has 242 valence electrons. The van der Waals surface area contributed by atoms with E-state index in [1.807, 2.05) is 24.3 Å². The van der Waals surface area contributed by atoms with E-state index >= 15 is 0 Å². The lowest BCUT2D eigenvalue weighted by atomic mass is 9.96. The van der Waals surface area contributed by atoms with Gasteiger partial charge in [-0.3, -0.25) is 0 Å². The average molecular weight is 651 g/mol. The molecule has 2 amide bonds. The van der Waals surface area contributed by atoms with Crippen molar-refractivity contribution in [1.82, 2.24) is 20.1 Å². The molecule has 0 spiro atoms. The van der Waals surface area contributed by atoms with Crippen LogP contribution in [0.25, 0.3) is 17.1 Å². The van der Waals surface area contributed by atoms with E-state index < -0.39 is 6.36 Å². The molecule has 8 nitrogen and oxygen atoms in total. The maximum absolute atomic E-state index is 12.9. The van der Waals surface area contributed by atoms with Crippen molar-refractivity contribution < 1.29 is 22.7 Å². The predicted molar refractivity (Wildman–Crippen MR) is 177 cm³/mol. The van der Waals surface area contributed by atoms with Gasteiger partial charge in [0.15, 0.2) is 11.0 Å². The number of nitrogens with zero attached hydrogens (tertiary/aromatic N) is 5. The van der Waals surface area contributed by atoms with Gasteiger partial charge in [0, 0.05) is 29.6 Å². The van der Waals surface area contributed by atoms with Gasteiger partial charge in [-0.25, -0.2) is 14.5 Å². The fraction of sp³-hybridized carbons (Fsp3) is 0.353. The predicted octanol–water partition coefficient (Wildman–Crippen LogP) is 8.35. The summed E-state index contributed by atoms with van der Waals surface area (Å²) in [5.41, 5.74) is 7.17. The van der Waals surface area contributed by atoms with Crippen LogP contribution in [0.2, 0.25) is 0 Å². The van der Waals surface area contributed by atoms with Crippen molar-refractivity contribution >= 4 is 28.6 Å². The summed E-state index contributed by atoms with van der Waals surface area (Å²) in [6.45, 7) is 11.1. The Kier molecular flexibility index (Phi) is 10.0. The van der Waals surface area contributed by atoms with E-state index in [0.29, 0.717) is 18.1 Å². The van der Waals surface area contributed by atoms with Crippen molar-refractivity contribution in [2.24, 2.45) is 4.99 Å². The van der Waals surface area contributed by atoms with Crippen LogP contribution in [0, 0.1) is 20.8 Å². The number of halogens is 3. The van der Waals surface area contributed by atoms with Crippen molar-refractivity contribution in [2.75, 3.05) is 17.2 Å². The van der Waals surface area contributed by atoms with Crippen LogP contribution in [0.1, 0.15) is 54.9 Å². The topological polar surface area (TPSA) is 84.6 Å². The molecule has 1 aliphatic heterocycles. The molecule has 1 N–H and O–H groups in total. The number of thioether (sulfide) groups is 1. The number of carbonyl (C=O) groups is 1. The SMILES string of the molecule is Cc1cc(C)c(N2C(=NC(=O)NCCC(C)c3ccc(-c4ncn(-c5ccc(OC(F)(F)F)cc5)n4)cc3)SCCC2C)c(C)c1. The van der Waals surface area contributed by atoms with E-state index in [0.717, 1.165) is 40.6 Å². The zero-order valence-corrected chi connectivity index (χ0v) is 27.2. The highest BCUT2D eigenvalue weighted by Crippen LogP contribution is 2.34. The number of rotatable bonds is 8. The highest BCUT2D eigenvalue weighted by molar-refractivity contribution is 8.14. The zero-order valence-electron chi connectivity index (χ0n) is 26.4. The number of aliphatic imine (C=N–C) groups is 1. The molecule has 1 saturated heterocycles. The van der Waals surface area contributed by atoms with Gasteiger partial charge < -0.3 is 15.0 Å². The standard InChI is InChI=1S/C34H37F3N6O2S/c1-21-18-23(3)30(24(4)19-21)43-25(5)15-17-46-33(43)40-32(44)38-16-14-22(2)26-6-8-27(9-7-26)31-39-20-42(41-31)28-10-12-29(13-11-28)45-34(35,36)37/h6-13,18-20,22,25H,14-17H2,1-5H3,(H,38,44). The quantitative estimate of drug-likeness (QED) is 0.206. The summed E-state index contributed by atoms with van der Waals surface area (Å²) >= 11 is 1.62. The number of hydrogen-bond acceptors (Lipinski definition) is 5. The lowest BCUT2D eigenvalue weighted by molar-refractivity contribution is -0.274. The summed E-state index contributed by atoms with van der Waals surface area (Å²) in [5, 5.41) is 8.17. The first-order chi connectivity index (χ1) is 21.9. The number of amidine groups is 1. The van der Waals surface area contributed by atoms with Gasteiger partial charge in [0.1, 0.15) is 12.1 Å². The molecule has 46 heavy (non-hydrogen) atoms. The number of urea groups is 1. The van der Waals surface area contributed by atoms with Gasteiger partial charge >= 0.3 is 12.4 Å². The number of aryl methyl sites for hydroxylation is 3. The first-order valence-electron chi connectivity index (χ1n) is 15.1. The third-order valence-corrected chi connectivity index (χ3v) is 8.89. The molecule has 2 heterocycles. The Morgan fingerprint density at radius 1 is 1.09 bits per heavy atom. The summed E-state index contributed by atoms with van der Waals surface area (Å²) in [6, 6.07) is 17.5. The van der Waals surface area contributed by atoms with Gasteiger partial charge in [-0.1, -0.05) is 60.6 Å². The fourth-order valence-corrected chi connectivity index (χ4v) is 6.83. The number of benzene rings is 3. The molecule has 1 aliphatic rings. The molecule has 1 aromatic heterocycles. The Morgan fingerprint density at radius 2 is 1.76 bits per heavy atom. The number of anilines is 1. The van der Waals surface area contributed by atoms with Gasteiger partial charge in [0.05, 0.1) is 5.69 Å². The van der Waals surface area contributed by atoms with Crippen molar-refractivity contribution in [3.63, 3.8) is 0 Å². The van der Waals surface area contributed by atoms with Gasteiger partial charge in [-0.15, -0.1) is 18.3 Å². The minimum atomic E-state index is -4.75. The highest BCUT2D eigenvalue weighted by Gasteiger charge is 2.31. The Hall–Kier alpha value is -4.32. The fourth-order valence-electron chi connectivity index (χ4n) is 5.63. The number of ether oxygens (including phenoxy) is 1. The number of amides is 2. The molecule has 2 atom stereocenters. The van der Waals surface area contributed by atoms with Crippen LogP contribution in [0.3, 0.4) is 0 Å². The summed E-state index contributed by atoms with van der Waals surface area (Å²) < 4.78 is 42.7. The van der Waals surface area contributed by atoms with Crippen LogP contribution in [0.15, 0.2) is 72.0 Å². The second kappa shape index (κ2) is 14.0. The average Bonchev–Trinajstić information content (AvgIpc) is 3.48. The Labute approximate surface area is 271 Å². The van der Waals surface area contributed by atoms with Gasteiger partial charge in [0.2, 0.25) is 0 Å². The maximum atomic E-state index is 12.9. The van der Waals surface area contributed by atoms with Crippen molar-refractivity contribution in [3.8, 4) is 22.8 Å². The van der Waals surface area contributed by atoms with E-state index in [2.05, 4.69) is 76.8 Å². The van der Waals surface area contributed by atoms with Crippen LogP contribution in [-0.2, 0) is 0 Å². The van der Waals surface area contributed by atoms with E-state index in [9.17, 15) is 18.0 Å². The largest absolute Gasteiger partial charge is 0.573 e.